The van der Waals surface area contributed by atoms with E-state index in [1.165, 1.54) is 0 Å². The van der Waals surface area contributed by atoms with E-state index < -0.39 is 10.0 Å². The van der Waals surface area contributed by atoms with Gasteiger partial charge in [0.05, 0.1) is 11.5 Å². The van der Waals surface area contributed by atoms with Gasteiger partial charge in [-0.05, 0) is 45.0 Å². The molecular weight excluding hydrogens is 312 g/mol. The third-order valence-electron chi connectivity index (χ3n) is 3.30. The highest BCUT2D eigenvalue weighted by Gasteiger charge is 2.31. The summed E-state index contributed by atoms with van der Waals surface area (Å²) in [6.07, 6.45) is 0. The minimum absolute atomic E-state index is 0. The number of piperazine rings is 1. The minimum Gasteiger partial charge on any atom is -0.494 e. The second kappa shape index (κ2) is 7.45. The van der Waals surface area contributed by atoms with Crippen molar-refractivity contribution >= 4 is 22.4 Å². The van der Waals surface area contributed by atoms with E-state index in [2.05, 4.69) is 5.32 Å². The van der Waals surface area contributed by atoms with Crippen molar-refractivity contribution in [2.75, 3.05) is 19.7 Å². The van der Waals surface area contributed by atoms with Crippen LogP contribution in [0.15, 0.2) is 29.2 Å². The van der Waals surface area contributed by atoms with E-state index in [0.717, 1.165) is 0 Å². The summed E-state index contributed by atoms with van der Waals surface area (Å²) < 4.78 is 32.1. The molecule has 1 fully saturated rings. The van der Waals surface area contributed by atoms with E-state index in [-0.39, 0.29) is 24.5 Å². The molecule has 120 valence electrons. The van der Waals surface area contributed by atoms with Crippen LogP contribution in [0.2, 0.25) is 0 Å². The molecule has 7 heteroatoms. The van der Waals surface area contributed by atoms with Gasteiger partial charge in [-0.3, -0.25) is 0 Å². The van der Waals surface area contributed by atoms with E-state index in [9.17, 15) is 8.42 Å². The van der Waals surface area contributed by atoms with Gasteiger partial charge in [0.2, 0.25) is 10.0 Å². The van der Waals surface area contributed by atoms with Crippen LogP contribution in [0.4, 0.5) is 0 Å². The lowest BCUT2D eigenvalue weighted by Gasteiger charge is -2.35. The summed E-state index contributed by atoms with van der Waals surface area (Å²) in [4.78, 5) is 0.322. The molecule has 21 heavy (non-hydrogen) atoms. The monoisotopic (exact) mass is 334 g/mol. The first-order chi connectivity index (χ1) is 9.43. The van der Waals surface area contributed by atoms with Crippen LogP contribution in [-0.4, -0.2) is 44.5 Å². The second-order valence-corrected chi connectivity index (χ2v) is 7.13. The lowest BCUT2D eigenvalue weighted by molar-refractivity contribution is 0.263. The number of nitrogens with zero attached hydrogens (tertiary/aromatic N) is 1. The number of ether oxygens (including phenoxy) is 1. The van der Waals surface area contributed by atoms with Crippen LogP contribution in [0, 0.1) is 0 Å². The summed E-state index contributed by atoms with van der Waals surface area (Å²) in [5.41, 5.74) is 0. The van der Waals surface area contributed by atoms with Crippen LogP contribution in [0.3, 0.4) is 0 Å². The fourth-order valence-corrected chi connectivity index (χ4v) is 4.11. The standard InChI is InChI=1S/C14H22N2O3S.ClH/c1-4-19-13-5-7-14(8-6-13)20(17,18)16-9-11(2)15-12(3)10-16;/h5-8,11-12,15H,4,9-10H2,1-3H3;1H. The molecule has 2 unspecified atom stereocenters. The van der Waals surface area contributed by atoms with Crippen molar-refractivity contribution in [2.24, 2.45) is 0 Å². The molecule has 0 aliphatic carbocycles. The molecule has 1 heterocycles. The fourth-order valence-electron chi connectivity index (χ4n) is 2.50. The topological polar surface area (TPSA) is 58.6 Å². The number of halogens is 1. The summed E-state index contributed by atoms with van der Waals surface area (Å²) in [5, 5.41) is 3.33. The Balaban J connectivity index is 0.00000220. The Labute approximate surface area is 133 Å². The lowest BCUT2D eigenvalue weighted by atomic mass is 10.2. The van der Waals surface area contributed by atoms with Gasteiger partial charge >= 0.3 is 0 Å². The Morgan fingerprint density at radius 2 is 1.71 bits per heavy atom. The largest absolute Gasteiger partial charge is 0.494 e. The molecule has 1 saturated heterocycles. The highest BCUT2D eigenvalue weighted by atomic mass is 35.5. The SMILES string of the molecule is CCOc1ccc(S(=O)(=O)N2CC(C)NC(C)C2)cc1.Cl. The number of nitrogens with one attached hydrogen (secondary N) is 1. The summed E-state index contributed by atoms with van der Waals surface area (Å²) in [6, 6.07) is 6.94. The average Bonchev–Trinajstić information content (AvgIpc) is 2.38. The summed E-state index contributed by atoms with van der Waals surface area (Å²) in [7, 11) is -3.42. The van der Waals surface area contributed by atoms with Gasteiger partial charge in [0.25, 0.3) is 0 Å². The zero-order chi connectivity index (χ0) is 14.8. The van der Waals surface area contributed by atoms with E-state index in [1.54, 1.807) is 28.6 Å². The maximum atomic E-state index is 12.6. The maximum absolute atomic E-state index is 12.6. The number of hydrogen-bond acceptors (Lipinski definition) is 4. The summed E-state index contributed by atoms with van der Waals surface area (Å²) in [6.45, 7) is 7.46. The molecule has 0 bridgehead atoms. The molecule has 0 saturated carbocycles. The van der Waals surface area contributed by atoms with Crippen LogP contribution in [0.1, 0.15) is 20.8 Å². The number of sulfonamides is 1. The van der Waals surface area contributed by atoms with Crippen molar-refractivity contribution in [3.05, 3.63) is 24.3 Å². The highest BCUT2D eigenvalue weighted by Crippen LogP contribution is 2.21. The van der Waals surface area contributed by atoms with Gasteiger partial charge in [-0.25, -0.2) is 8.42 Å². The molecule has 2 rings (SSSR count). The Morgan fingerprint density at radius 3 is 2.19 bits per heavy atom. The van der Waals surface area contributed by atoms with Crippen LogP contribution in [0.25, 0.3) is 0 Å². The average molecular weight is 335 g/mol. The first-order valence-corrected chi connectivity index (χ1v) is 8.36. The predicted octanol–water partition coefficient (Wildman–Crippen LogP) is 1.88. The molecule has 5 nitrogen and oxygen atoms in total. The van der Waals surface area contributed by atoms with Gasteiger partial charge in [0, 0.05) is 25.2 Å². The lowest BCUT2D eigenvalue weighted by Crippen LogP contribution is -2.55. The van der Waals surface area contributed by atoms with Crippen molar-refractivity contribution in [1.82, 2.24) is 9.62 Å². The quantitative estimate of drug-likeness (QED) is 0.913. The van der Waals surface area contributed by atoms with Crippen molar-refractivity contribution < 1.29 is 13.2 Å². The fraction of sp³-hybridized carbons (Fsp3) is 0.571. The molecule has 0 amide bonds. The number of hydrogen-bond donors (Lipinski definition) is 1. The van der Waals surface area contributed by atoms with Crippen LogP contribution in [-0.2, 0) is 10.0 Å². The van der Waals surface area contributed by atoms with Crippen molar-refractivity contribution in [3.8, 4) is 5.75 Å². The molecule has 1 aromatic carbocycles. The van der Waals surface area contributed by atoms with Gasteiger partial charge < -0.3 is 10.1 Å². The second-order valence-electron chi connectivity index (χ2n) is 5.20. The molecule has 1 aliphatic rings. The summed E-state index contributed by atoms with van der Waals surface area (Å²) >= 11 is 0. The van der Waals surface area contributed by atoms with Gasteiger partial charge in [0.15, 0.2) is 0 Å². The summed E-state index contributed by atoms with van der Waals surface area (Å²) in [5.74, 6) is 0.688. The minimum atomic E-state index is -3.42. The molecule has 0 radical (unpaired) electrons. The molecule has 1 N–H and O–H groups in total. The third kappa shape index (κ3) is 4.32. The Morgan fingerprint density at radius 1 is 1.19 bits per heavy atom. The van der Waals surface area contributed by atoms with E-state index in [0.29, 0.717) is 30.3 Å². The molecule has 0 spiro atoms. The van der Waals surface area contributed by atoms with Crippen molar-refractivity contribution in [1.29, 1.82) is 0 Å². The van der Waals surface area contributed by atoms with Crippen molar-refractivity contribution in [2.45, 2.75) is 37.8 Å². The number of benzene rings is 1. The van der Waals surface area contributed by atoms with E-state index >= 15 is 0 Å². The third-order valence-corrected chi connectivity index (χ3v) is 5.14. The Hall–Kier alpha value is -0.820. The first kappa shape index (κ1) is 18.2. The van der Waals surface area contributed by atoms with Crippen molar-refractivity contribution in [3.63, 3.8) is 0 Å². The first-order valence-electron chi connectivity index (χ1n) is 6.92. The van der Waals surface area contributed by atoms with Gasteiger partial charge in [0.1, 0.15) is 5.75 Å². The van der Waals surface area contributed by atoms with E-state index in [1.807, 2.05) is 20.8 Å². The van der Waals surface area contributed by atoms with E-state index in [4.69, 9.17) is 4.74 Å². The van der Waals surface area contributed by atoms with Crippen LogP contribution in [0.5, 0.6) is 5.75 Å². The zero-order valence-corrected chi connectivity index (χ0v) is 14.2. The molecular formula is C14H23ClN2O3S. The van der Waals surface area contributed by atoms with Crippen LogP contribution < -0.4 is 10.1 Å². The predicted molar refractivity (Wildman–Crippen MR) is 85.7 cm³/mol. The van der Waals surface area contributed by atoms with Crippen LogP contribution >= 0.6 is 12.4 Å². The molecule has 1 aliphatic heterocycles. The normalized spacial score (nSPS) is 23.4. The maximum Gasteiger partial charge on any atom is 0.243 e. The zero-order valence-electron chi connectivity index (χ0n) is 12.6. The highest BCUT2D eigenvalue weighted by molar-refractivity contribution is 7.89. The molecule has 2 atom stereocenters. The van der Waals surface area contributed by atoms with Gasteiger partial charge in [-0.2, -0.15) is 4.31 Å². The Kier molecular flexibility index (Phi) is 6.46. The molecule has 0 aromatic heterocycles. The van der Waals surface area contributed by atoms with Gasteiger partial charge in [-0.15, -0.1) is 12.4 Å². The van der Waals surface area contributed by atoms with Gasteiger partial charge in [-0.1, -0.05) is 0 Å². The smallest absolute Gasteiger partial charge is 0.243 e. The Bertz CT molecular complexity index is 538. The number of rotatable bonds is 4. The molecule has 1 aromatic rings.